The van der Waals surface area contributed by atoms with E-state index in [1.807, 2.05) is 26.8 Å². The van der Waals surface area contributed by atoms with Gasteiger partial charge in [-0.25, -0.2) is 0 Å². The van der Waals surface area contributed by atoms with Gasteiger partial charge in [-0.2, -0.15) is 0 Å². The minimum atomic E-state index is 0.857. The summed E-state index contributed by atoms with van der Waals surface area (Å²) in [6, 6.07) is 14.6. The van der Waals surface area contributed by atoms with E-state index in [2.05, 4.69) is 43.3 Å². The molecule has 0 spiro atoms. The Hall–Kier alpha value is -1.76. The van der Waals surface area contributed by atoms with Crippen LogP contribution in [0.5, 0.6) is 0 Å². The highest BCUT2D eigenvalue weighted by Gasteiger charge is 2.02. The van der Waals surface area contributed by atoms with Gasteiger partial charge in [0.15, 0.2) is 0 Å². The molecule has 0 aliphatic carbocycles. The van der Waals surface area contributed by atoms with E-state index in [9.17, 15) is 0 Å². The molecule has 1 nitrogen and oxygen atoms in total. The molecule has 17 heavy (non-hydrogen) atoms. The number of rotatable bonds is 1. The molecule has 0 aliphatic rings. The Morgan fingerprint density at radius 1 is 0.824 bits per heavy atom. The third-order valence-corrected chi connectivity index (χ3v) is 2.74. The molecule has 0 bridgehead atoms. The van der Waals surface area contributed by atoms with E-state index in [1.54, 1.807) is 0 Å². The lowest BCUT2D eigenvalue weighted by atomic mass is 9.99. The average molecular weight is 227 g/mol. The molecule has 0 atom stereocenters. The molecule has 0 amide bonds. The number of anilines is 1. The first-order chi connectivity index (χ1) is 8.18. The van der Waals surface area contributed by atoms with Gasteiger partial charge < -0.3 is 5.73 Å². The lowest BCUT2D eigenvalue weighted by Crippen LogP contribution is -1.90. The number of benzene rings is 2. The van der Waals surface area contributed by atoms with Gasteiger partial charge >= 0.3 is 0 Å². The first-order valence-corrected chi connectivity index (χ1v) is 6.10. The minimum Gasteiger partial charge on any atom is -0.398 e. The third kappa shape index (κ3) is 3.10. The van der Waals surface area contributed by atoms with Crippen molar-refractivity contribution in [1.29, 1.82) is 0 Å². The monoisotopic (exact) mass is 227 g/mol. The molecule has 0 aliphatic heterocycles. The van der Waals surface area contributed by atoms with Crippen molar-refractivity contribution in [2.45, 2.75) is 27.7 Å². The van der Waals surface area contributed by atoms with Gasteiger partial charge in [-0.1, -0.05) is 50.2 Å². The van der Waals surface area contributed by atoms with Gasteiger partial charge in [0.05, 0.1) is 0 Å². The van der Waals surface area contributed by atoms with Gasteiger partial charge in [0, 0.05) is 5.69 Å². The molecule has 0 saturated heterocycles. The number of nitrogen functional groups attached to an aromatic ring is 1. The summed E-state index contributed by atoms with van der Waals surface area (Å²) < 4.78 is 0. The fourth-order valence-corrected chi connectivity index (χ4v) is 1.70. The molecule has 0 radical (unpaired) electrons. The van der Waals surface area contributed by atoms with Gasteiger partial charge in [-0.3, -0.25) is 0 Å². The highest BCUT2D eigenvalue weighted by Crippen LogP contribution is 2.26. The summed E-state index contributed by atoms with van der Waals surface area (Å²) in [6.07, 6.45) is 0. The molecule has 90 valence electrons. The van der Waals surface area contributed by atoms with Crippen LogP contribution in [0.4, 0.5) is 5.69 Å². The smallest absolute Gasteiger partial charge is 0.0349 e. The van der Waals surface area contributed by atoms with Crippen molar-refractivity contribution in [1.82, 2.24) is 0 Å². The van der Waals surface area contributed by atoms with Crippen LogP contribution in [-0.2, 0) is 0 Å². The van der Waals surface area contributed by atoms with E-state index in [0.717, 1.165) is 11.3 Å². The standard InChI is InChI=1S/C14H15N.C2H6/c1-10-5-3-4-6-13(10)12-8-7-11(2)14(15)9-12;1-2/h3-9H,15H2,1-2H3;1-2H3. The van der Waals surface area contributed by atoms with Crippen LogP contribution >= 0.6 is 0 Å². The summed E-state index contributed by atoms with van der Waals surface area (Å²) in [5.41, 5.74) is 11.6. The topological polar surface area (TPSA) is 26.0 Å². The second-order valence-corrected chi connectivity index (χ2v) is 3.89. The Labute approximate surface area is 104 Å². The maximum Gasteiger partial charge on any atom is 0.0349 e. The maximum atomic E-state index is 5.91. The lowest BCUT2D eigenvalue weighted by molar-refractivity contribution is 1.43. The van der Waals surface area contributed by atoms with Gasteiger partial charge in [0.2, 0.25) is 0 Å². The van der Waals surface area contributed by atoms with Gasteiger partial charge in [-0.15, -0.1) is 0 Å². The van der Waals surface area contributed by atoms with Crippen molar-refractivity contribution >= 4 is 5.69 Å². The van der Waals surface area contributed by atoms with Crippen LogP contribution in [0.3, 0.4) is 0 Å². The minimum absolute atomic E-state index is 0.857. The van der Waals surface area contributed by atoms with E-state index >= 15 is 0 Å². The van der Waals surface area contributed by atoms with Gasteiger partial charge in [-0.05, 0) is 42.2 Å². The second kappa shape index (κ2) is 6.09. The normalized spacial score (nSPS) is 9.41. The third-order valence-electron chi connectivity index (χ3n) is 2.74. The molecule has 2 aromatic rings. The molecule has 1 heteroatoms. The quantitative estimate of drug-likeness (QED) is 0.709. The van der Waals surface area contributed by atoms with Crippen molar-refractivity contribution in [3.63, 3.8) is 0 Å². The SMILES string of the molecule is CC.Cc1ccc(-c2ccccc2C)cc1N. The molecule has 2 rings (SSSR count). The van der Waals surface area contributed by atoms with Crippen LogP contribution in [0.2, 0.25) is 0 Å². The molecule has 0 fully saturated rings. The first kappa shape index (κ1) is 13.3. The van der Waals surface area contributed by atoms with Crippen molar-refractivity contribution in [2.75, 3.05) is 5.73 Å². The molecule has 2 aromatic carbocycles. The number of aryl methyl sites for hydroxylation is 2. The zero-order chi connectivity index (χ0) is 12.8. The highest BCUT2D eigenvalue weighted by atomic mass is 14.6. The van der Waals surface area contributed by atoms with E-state index in [-0.39, 0.29) is 0 Å². The van der Waals surface area contributed by atoms with Gasteiger partial charge in [0.25, 0.3) is 0 Å². The average Bonchev–Trinajstić information content (AvgIpc) is 2.36. The van der Waals surface area contributed by atoms with E-state index in [0.29, 0.717) is 0 Å². The molecule has 0 heterocycles. The Bertz CT molecular complexity index is 487. The molecular weight excluding hydrogens is 206 g/mol. The predicted octanol–water partition coefficient (Wildman–Crippen LogP) is 4.58. The Morgan fingerprint density at radius 2 is 1.47 bits per heavy atom. The van der Waals surface area contributed by atoms with Crippen LogP contribution < -0.4 is 5.73 Å². The Kier molecular flexibility index (Phi) is 4.77. The van der Waals surface area contributed by atoms with Crippen LogP contribution in [0, 0.1) is 13.8 Å². The largest absolute Gasteiger partial charge is 0.398 e. The Morgan fingerprint density at radius 3 is 2.06 bits per heavy atom. The molecule has 0 aromatic heterocycles. The summed E-state index contributed by atoms with van der Waals surface area (Å²) in [4.78, 5) is 0. The summed E-state index contributed by atoms with van der Waals surface area (Å²) in [5, 5.41) is 0. The van der Waals surface area contributed by atoms with Crippen LogP contribution in [0.15, 0.2) is 42.5 Å². The second-order valence-electron chi connectivity index (χ2n) is 3.89. The fraction of sp³-hybridized carbons (Fsp3) is 0.250. The number of nitrogens with two attached hydrogens (primary N) is 1. The van der Waals surface area contributed by atoms with Crippen molar-refractivity contribution in [3.8, 4) is 11.1 Å². The summed E-state index contributed by atoms with van der Waals surface area (Å²) in [6.45, 7) is 8.14. The van der Waals surface area contributed by atoms with E-state index < -0.39 is 0 Å². The zero-order valence-electron chi connectivity index (χ0n) is 11.1. The molecular formula is C16H21N. The number of hydrogen-bond donors (Lipinski definition) is 1. The van der Waals surface area contributed by atoms with Crippen LogP contribution in [-0.4, -0.2) is 0 Å². The number of hydrogen-bond acceptors (Lipinski definition) is 1. The van der Waals surface area contributed by atoms with Gasteiger partial charge in [0.1, 0.15) is 0 Å². The van der Waals surface area contributed by atoms with Crippen LogP contribution in [0.1, 0.15) is 25.0 Å². The molecule has 2 N–H and O–H groups in total. The summed E-state index contributed by atoms with van der Waals surface area (Å²) >= 11 is 0. The van der Waals surface area contributed by atoms with Crippen LogP contribution in [0.25, 0.3) is 11.1 Å². The molecule has 0 saturated carbocycles. The lowest BCUT2D eigenvalue weighted by Gasteiger charge is -2.07. The predicted molar refractivity (Wildman–Crippen MR) is 77.1 cm³/mol. The zero-order valence-corrected chi connectivity index (χ0v) is 11.1. The fourth-order valence-electron chi connectivity index (χ4n) is 1.70. The van der Waals surface area contributed by atoms with Crippen molar-refractivity contribution < 1.29 is 0 Å². The van der Waals surface area contributed by atoms with Crippen molar-refractivity contribution in [2.24, 2.45) is 0 Å². The first-order valence-electron chi connectivity index (χ1n) is 6.10. The summed E-state index contributed by atoms with van der Waals surface area (Å²) in [5.74, 6) is 0. The molecule has 0 unspecified atom stereocenters. The summed E-state index contributed by atoms with van der Waals surface area (Å²) in [7, 11) is 0. The Balaban J connectivity index is 0.000000686. The van der Waals surface area contributed by atoms with Crippen molar-refractivity contribution in [3.05, 3.63) is 53.6 Å². The van der Waals surface area contributed by atoms with E-state index in [1.165, 1.54) is 16.7 Å². The van der Waals surface area contributed by atoms with E-state index in [4.69, 9.17) is 5.73 Å². The highest BCUT2D eigenvalue weighted by molar-refractivity contribution is 5.71. The maximum absolute atomic E-state index is 5.91.